The first-order valence-electron chi connectivity index (χ1n) is 8.38. The second-order valence-corrected chi connectivity index (χ2v) is 6.81. The van der Waals surface area contributed by atoms with Crippen molar-refractivity contribution in [2.75, 3.05) is 17.2 Å². The largest absolute Gasteiger partial charge is 0.494 e. The minimum Gasteiger partial charge on any atom is -0.494 e. The molecule has 0 aliphatic heterocycles. The SMILES string of the molecule is CCOc1ccc(Nc2nc(C(=O)Nc3cc(C)cc(C)c3)cs2)cc1. The maximum Gasteiger partial charge on any atom is 0.275 e. The van der Waals surface area contributed by atoms with E-state index in [4.69, 9.17) is 4.74 Å². The van der Waals surface area contributed by atoms with Gasteiger partial charge in [-0.2, -0.15) is 0 Å². The summed E-state index contributed by atoms with van der Waals surface area (Å²) in [7, 11) is 0. The predicted molar refractivity (Wildman–Crippen MR) is 107 cm³/mol. The van der Waals surface area contributed by atoms with Crippen LogP contribution < -0.4 is 15.4 Å². The van der Waals surface area contributed by atoms with E-state index in [2.05, 4.69) is 21.7 Å². The smallest absolute Gasteiger partial charge is 0.275 e. The highest BCUT2D eigenvalue weighted by Gasteiger charge is 2.12. The monoisotopic (exact) mass is 367 g/mol. The van der Waals surface area contributed by atoms with Crippen molar-refractivity contribution in [1.82, 2.24) is 4.98 Å². The molecule has 0 saturated heterocycles. The third-order valence-corrected chi connectivity index (χ3v) is 4.39. The first kappa shape index (κ1) is 17.9. The highest BCUT2D eigenvalue weighted by atomic mass is 32.1. The van der Waals surface area contributed by atoms with E-state index < -0.39 is 0 Å². The van der Waals surface area contributed by atoms with Gasteiger partial charge in [0, 0.05) is 16.8 Å². The number of nitrogens with zero attached hydrogens (tertiary/aromatic N) is 1. The van der Waals surface area contributed by atoms with Crippen molar-refractivity contribution in [2.24, 2.45) is 0 Å². The molecule has 2 N–H and O–H groups in total. The van der Waals surface area contributed by atoms with E-state index in [1.54, 1.807) is 5.38 Å². The molecule has 6 heteroatoms. The Labute approximate surface area is 157 Å². The van der Waals surface area contributed by atoms with Crippen LogP contribution >= 0.6 is 11.3 Å². The molecule has 2 aromatic carbocycles. The van der Waals surface area contributed by atoms with Crippen LogP contribution in [-0.4, -0.2) is 17.5 Å². The van der Waals surface area contributed by atoms with Gasteiger partial charge in [0.15, 0.2) is 5.13 Å². The lowest BCUT2D eigenvalue weighted by Crippen LogP contribution is -2.12. The summed E-state index contributed by atoms with van der Waals surface area (Å²) in [6.07, 6.45) is 0. The van der Waals surface area contributed by atoms with E-state index >= 15 is 0 Å². The first-order chi connectivity index (χ1) is 12.5. The van der Waals surface area contributed by atoms with Crippen molar-refractivity contribution in [3.8, 4) is 5.75 Å². The van der Waals surface area contributed by atoms with Crippen LogP contribution in [0.4, 0.5) is 16.5 Å². The molecule has 3 rings (SSSR count). The second-order valence-electron chi connectivity index (χ2n) is 5.95. The van der Waals surface area contributed by atoms with Crippen molar-refractivity contribution in [1.29, 1.82) is 0 Å². The average Bonchev–Trinajstić information content (AvgIpc) is 3.05. The first-order valence-corrected chi connectivity index (χ1v) is 9.26. The Morgan fingerprint density at radius 3 is 2.42 bits per heavy atom. The van der Waals surface area contributed by atoms with Gasteiger partial charge in [0.25, 0.3) is 5.91 Å². The Bertz CT molecular complexity index is 883. The number of rotatable bonds is 6. The molecule has 0 saturated carbocycles. The highest BCUT2D eigenvalue weighted by Crippen LogP contribution is 2.23. The second kappa shape index (κ2) is 8.01. The summed E-state index contributed by atoms with van der Waals surface area (Å²) in [4.78, 5) is 16.8. The van der Waals surface area contributed by atoms with Crippen LogP contribution in [0.2, 0.25) is 0 Å². The number of carbonyl (C=O) groups is 1. The quantitative estimate of drug-likeness (QED) is 0.632. The maximum absolute atomic E-state index is 12.4. The summed E-state index contributed by atoms with van der Waals surface area (Å²) in [6, 6.07) is 13.6. The number of thiazole rings is 1. The molecule has 3 aromatic rings. The lowest BCUT2D eigenvalue weighted by molar-refractivity contribution is 0.102. The zero-order valence-corrected chi connectivity index (χ0v) is 15.8. The number of amides is 1. The van der Waals surface area contributed by atoms with Gasteiger partial charge in [-0.15, -0.1) is 11.3 Å². The van der Waals surface area contributed by atoms with Crippen LogP contribution in [0.3, 0.4) is 0 Å². The zero-order chi connectivity index (χ0) is 18.5. The van der Waals surface area contributed by atoms with Crippen LogP contribution in [-0.2, 0) is 0 Å². The number of nitrogens with one attached hydrogen (secondary N) is 2. The maximum atomic E-state index is 12.4. The summed E-state index contributed by atoms with van der Waals surface area (Å²) in [5.41, 5.74) is 4.28. The Morgan fingerprint density at radius 2 is 1.77 bits per heavy atom. The number of ether oxygens (including phenoxy) is 1. The Kier molecular flexibility index (Phi) is 5.53. The molecule has 1 amide bonds. The van der Waals surface area contributed by atoms with Crippen molar-refractivity contribution < 1.29 is 9.53 Å². The van der Waals surface area contributed by atoms with E-state index in [0.717, 1.165) is 28.3 Å². The van der Waals surface area contributed by atoms with E-state index in [1.165, 1.54) is 11.3 Å². The van der Waals surface area contributed by atoms with Crippen LogP contribution in [0, 0.1) is 13.8 Å². The lowest BCUT2D eigenvalue weighted by Gasteiger charge is -2.06. The molecular formula is C20H21N3O2S. The topological polar surface area (TPSA) is 63.2 Å². The average molecular weight is 367 g/mol. The van der Waals surface area contributed by atoms with Gasteiger partial charge in [0.2, 0.25) is 0 Å². The van der Waals surface area contributed by atoms with Gasteiger partial charge >= 0.3 is 0 Å². The molecule has 1 heterocycles. The molecule has 1 aromatic heterocycles. The predicted octanol–water partition coefficient (Wildman–Crippen LogP) is 5.15. The van der Waals surface area contributed by atoms with Crippen LogP contribution in [0.5, 0.6) is 5.75 Å². The molecule has 0 fully saturated rings. The summed E-state index contributed by atoms with van der Waals surface area (Å²) >= 11 is 1.39. The minimum absolute atomic E-state index is 0.217. The van der Waals surface area contributed by atoms with Crippen LogP contribution in [0.15, 0.2) is 47.8 Å². The summed E-state index contributed by atoms with van der Waals surface area (Å²) in [5.74, 6) is 0.608. The Hall–Kier alpha value is -2.86. The molecule has 0 unspecified atom stereocenters. The molecule has 0 bridgehead atoms. The summed E-state index contributed by atoms with van der Waals surface area (Å²) < 4.78 is 5.43. The molecule has 5 nitrogen and oxygen atoms in total. The van der Waals surface area contributed by atoms with Gasteiger partial charge in [-0.1, -0.05) is 6.07 Å². The van der Waals surface area contributed by atoms with Gasteiger partial charge in [-0.3, -0.25) is 4.79 Å². The fourth-order valence-electron chi connectivity index (χ4n) is 2.60. The number of benzene rings is 2. The van der Waals surface area contributed by atoms with Gasteiger partial charge in [-0.25, -0.2) is 4.98 Å². The number of aryl methyl sites for hydroxylation is 2. The molecule has 0 radical (unpaired) electrons. The number of hydrogen-bond acceptors (Lipinski definition) is 5. The fourth-order valence-corrected chi connectivity index (χ4v) is 3.31. The molecule has 134 valence electrons. The van der Waals surface area contributed by atoms with E-state index in [0.29, 0.717) is 17.4 Å². The summed E-state index contributed by atoms with van der Waals surface area (Å²) in [6.45, 7) is 6.60. The number of carbonyl (C=O) groups excluding carboxylic acids is 1. The molecule has 0 aliphatic carbocycles. The normalized spacial score (nSPS) is 10.4. The Morgan fingerprint density at radius 1 is 1.08 bits per heavy atom. The number of aromatic nitrogens is 1. The van der Waals surface area contributed by atoms with E-state index in [9.17, 15) is 4.79 Å². The third kappa shape index (κ3) is 4.61. The molecule has 0 aliphatic rings. The van der Waals surface area contributed by atoms with Gasteiger partial charge < -0.3 is 15.4 Å². The van der Waals surface area contributed by atoms with Gasteiger partial charge in [-0.05, 0) is 68.3 Å². The molecule has 0 atom stereocenters. The van der Waals surface area contributed by atoms with Crippen molar-refractivity contribution >= 4 is 33.8 Å². The lowest BCUT2D eigenvalue weighted by atomic mass is 10.1. The Balaban J connectivity index is 1.65. The minimum atomic E-state index is -0.217. The highest BCUT2D eigenvalue weighted by molar-refractivity contribution is 7.14. The summed E-state index contributed by atoms with van der Waals surface area (Å²) in [5, 5.41) is 8.51. The van der Waals surface area contributed by atoms with Crippen molar-refractivity contribution in [3.05, 3.63) is 64.7 Å². The molecule has 0 spiro atoms. The standard InChI is InChI=1S/C20H21N3O2S/c1-4-25-17-7-5-15(6-8-17)22-20-23-18(12-26-20)19(24)21-16-10-13(2)9-14(3)11-16/h5-12H,4H2,1-3H3,(H,21,24)(H,22,23). The van der Waals surface area contributed by atoms with Crippen molar-refractivity contribution in [3.63, 3.8) is 0 Å². The molecular weight excluding hydrogens is 346 g/mol. The zero-order valence-electron chi connectivity index (χ0n) is 15.0. The van der Waals surface area contributed by atoms with Crippen molar-refractivity contribution in [2.45, 2.75) is 20.8 Å². The van der Waals surface area contributed by atoms with E-state index in [-0.39, 0.29) is 5.91 Å². The fraction of sp³-hybridized carbons (Fsp3) is 0.200. The number of hydrogen-bond donors (Lipinski definition) is 2. The third-order valence-electron chi connectivity index (χ3n) is 3.63. The van der Waals surface area contributed by atoms with E-state index in [1.807, 2.05) is 57.2 Å². The van der Waals surface area contributed by atoms with Gasteiger partial charge in [0.05, 0.1) is 6.61 Å². The molecule has 26 heavy (non-hydrogen) atoms. The van der Waals surface area contributed by atoms with Gasteiger partial charge in [0.1, 0.15) is 11.4 Å². The van der Waals surface area contributed by atoms with Crippen LogP contribution in [0.25, 0.3) is 0 Å². The van der Waals surface area contributed by atoms with Crippen LogP contribution in [0.1, 0.15) is 28.5 Å². The number of anilines is 3.